The lowest BCUT2D eigenvalue weighted by Gasteiger charge is -2.34. The van der Waals surface area contributed by atoms with E-state index >= 15 is 0 Å². The molecule has 1 aromatic carbocycles. The first-order chi connectivity index (χ1) is 12.2. The fraction of sp³-hybridized carbons (Fsp3) is 0.400. The average molecular weight is 356 g/mol. The van der Waals surface area contributed by atoms with Gasteiger partial charge in [0.05, 0.1) is 5.69 Å². The molecule has 2 heterocycles. The summed E-state index contributed by atoms with van der Waals surface area (Å²) in [5, 5.41) is 0.781. The van der Waals surface area contributed by atoms with E-state index in [1.165, 1.54) is 0 Å². The van der Waals surface area contributed by atoms with E-state index in [0.717, 1.165) is 55.4 Å². The first-order valence-corrected chi connectivity index (χ1v) is 9.25. The van der Waals surface area contributed by atoms with Gasteiger partial charge in [-0.05, 0) is 36.1 Å². The van der Waals surface area contributed by atoms with Gasteiger partial charge in [-0.25, -0.2) is 0 Å². The van der Waals surface area contributed by atoms with E-state index in [9.17, 15) is 4.79 Å². The zero-order valence-electron chi connectivity index (χ0n) is 14.1. The number of aromatic nitrogens is 1. The van der Waals surface area contributed by atoms with Gasteiger partial charge in [-0.3, -0.25) is 14.7 Å². The van der Waals surface area contributed by atoms with Crippen molar-refractivity contribution < 1.29 is 4.79 Å². The molecular formula is C20H22ClN3O. The number of pyridine rings is 1. The van der Waals surface area contributed by atoms with Crippen LogP contribution in [0, 0.1) is 5.92 Å². The van der Waals surface area contributed by atoms with Crippen LogP contribution in [-0.2, 0) is 11.3 Å². The number of hydrogen-bond acceptors (Lipinski definition) is 3. The Hall–Kier alpha value is -1.91. The Kier molecular flexibility index (Phi) is 4.73. The number of halogens is 1. The summed E-state index contributed by atoms with van der Waals surface area (Å²) in [7, 11) is 0. The van der Waals surface area contributed by atoms with Crippen molar-refractivity contribution in [1.29, 1.82) is 0 Å². The van der Waals surface area contributed by atoms with Crippen LogP contribution in [0.3, 0.4) is 0 Å². The second-order valence-corrected chi connectivity index (χ2v) is 7.30. The van der Waals surface area contributed by atoms with Crippen LogP contribution in [0.4, 0.5) is 0 Å². The van der Waals surface area contributed by atoms with E-state index in [1.807, 2.05) is 47.5 Å². The van der Waals surface area contributed by atoms with Crippen molar-refractivity contribution in [3.8, 4) is 0 Å². The lowest BCUT2D eigenvalue weighted by molar-refractivity contribution is -0.134. The SMILES string of the molecule is O=C(C1CC1c1ccccc1Cl)N1CCN(Cc2ccccn2)CC1. The van der Waals surface area contributed by atoms with Gasteiger partial charge < -0.3 is 4.90 Å². The number of carbonyl (C=O) groups is 1. The Morgan fingerprint density at radius 3 is 2.56 bits per heavy atom. The zero-order valence-corrected chi connectivity index (χ0v) is 14.9. The maximum atomic E-state index is 12.8. The molecule has 1 aliphatic carbocycles. The summed E-state index contributed by atoms with van der Waals surface area (Å²) in [6.07, 6.45) is 2.76. The molecule has 1 saturated heterocycles. The van der Waals surface area contributed by atoms with Crippen LogP contribution in [-0.4, -0.2) is 46.9 Å². The molecule has 4 rings (SSSR count). The molecule has 1 amide bonds. The summed E-state index contributed by atoms with van der Waals surface area (Å²) in [6.45, 7) is 4.28. The molecular weight excluding hydrogens is 334 g/mol. The highest BCUT2D eigenvalue weighted by molar-refractivity contribution is 6.31. The molecule has 2 fully saturated rings. The number of benzene rings is 1. The van der Waals surface area contributed by atoms with Crippen LogP contribution in [0.25, 0.3) is 0 Å². The zero-order chi connectivity index (χ0) is 17.2. The molecule has 130 valence electrons. The second-order valence-electron chi connectivity index (χ2n) is 6.89. The molecule has 25 heavy (non-hydrogen) atoms. The van der Waals surface area contributed by atoms with Crippen molar-refractivity contribution in [3.63, 3.8) is 0 Å². The Morgan fingerprint density at radius 2 is 1.84 bits per heavy atom. The van der Waals surface area contributed by atoms with Crippen LogP contribution >= 0.6 is 11.6 Å². The summed E-state index contributed by atoms with van der Waals surface area (Å²) in [4.78, 5) is 21.5. The van der Waals surface area contributed by atoms with Crippen molar-refractivity contribution >= 4 is 17.5 Å². The Labute approximate surface area is 153 Å². The van der Waals surface area contributed by atoms with E-state index in [1.54, 1.807) is 0 Å². The third kappa shape index (κ3) is 3.70. The first-order valence-electron chi connectivity index (χ1n) is 8.88. The molecule has 0 spiro atoms. The fourth-order valence-corrected chi connectivity index (χ4v) is 3.94. The van der Waals surface area contributed by atoms with Crippen LogP contribution in [0.5, 0.6) is 0 Å². The molecule has 0 N–H and O–H groups in total. The third-order valence-electron chi connectivity index (χ3n) is 5.21. The molecule has 0 bridgehead atoms. The number of carbonyl (C=O) groups excluding carboxylic acids is 1. The van der Waals surface area contributed by atoms with Gasteiger partial charge in [0.25, 0.3) is 0 Å². The second kappa shape index (κ2) is 7.14. The molecule has 5 heteroatoms. The van der Waals surface area contributed by atoms with Crippen LogP contribution < -0.4 is 0 Å². The monoisotopic (exact) mass is 355 g/mol. The standard InChI is InChI=1S/C20H22ClN3O/c21-19-7-2-1-6-16(19)17-13-18(17)20(25)24-11-9-23(10-12-24)14-15-5-3-4-8-22-15/h1-8,17-18H,9-14H2. The summed E-state index contributed by atoms with van der Waals surface area (Å²) in [5.41, 5.74) is 2.21. The van der Waals surface area contributed by atoms with Gasteiger partial charge in [0.2, 0.25) is 5.91 Å². The van der Waals surface area contributed by atoms with Gasteiger partial charge in [-0.2, -0.15) is 0 Å². The predicted octanol–water partition coefficient (Wildman–Crippen LogP) is 3.18. The van der Waals surface area contributed by atoms with Crippen molar-refractivity contribution in [2.45, 2.75) is 18.9 Å². The highest BCUT2D eigenvalue weighted by atomic mass is 35.5. The Bertz CT molecular complexity index is 744. The van der Waals surface area contributed by atoms with Crippen molar-refractivity contribution in [2.24, 2.45) is 5.92 Å². The number of rotatable bonds is 4. The molecule has 2 atom stereocenters. The first kappa shape index (κ1) is 16.6. The minimum absolute atomic E-state index is 0.113. The van der Waals surface area contributed by atoms with Gasteiger partial charge in [0.1, 0.15) is 0 Å². The van der Waals surface area contributed by atoms with Crippen molar-refractivity contribution in [2.75, 3.05) is 26.2 Å². The lowest BCUT2D eigenvalue weighted by atomic mass is 10.1. The van der Waals surface area contributed by atoms with Gasteiger partial charge >= 0.3 is 0 Å². The third-order valence-corrected chi connectivity index (χ3v) is 5.55. The topological polar surface area (TPSA) is 36.4 Å². The van der Waals surface area contributed by atoms with Crippen molar-refractivity contribution in [1.82, 2.24) is 14.8 Å². The lowest BCUT2D eigenvalue weighted by Crippen LogP contribution is -2.48. The molecule has 1 saturated carbocycles. The van der Waals surface area contributed by atoms with E-state index in [4.69, 9.17) is 11.6 Å². The van der Waals surface area contributed by atoms with Crippen molar-refractivity contribution in [3.05, 3.63) is 64.9 Å². The summed E-state index contributed by atoms with van der Waals surface area (Å²) >= 11 is 6.27. The highest BCUT2D eigenvalue weighted by Crippen LogP contribution is 2.50. The number of hydrogen-bond donors (Lipinski definition) is 0. The number of amides is 1. The van der Waals surface area contributed by atoms with E-state index in [-0.39, 0.29) is 5.92 Å². The minimum Gasteiger partial charge on any atom is -0.340 e. The molecule has 1 aromatic heterocycles. The summed E-state index contributed by atoms with van der Waals surface area (Å²) in [6, 6.07) is 13.9. The quantitative estimate of drug-likeness (QED) is 0.845. The molecule has 4 nitrogen and oxygen atoms in total. The molecule has 0 radical (unpaired) electrons. The van der Waals surface area contributed by atoms with Gasteiger partial charge in [0.15, 0.2) is 0 Å². The summed E-state index contributed by atoms with van der Waals surface area (Å²) < 4.78 is 0. The molecule has 1 aliphatic heterocycles. The Morgan fingerprint density at radius 1 is 1.08 bits per heavy atom. The number of nitrogens with zero attached hydrogens (tertiary/aromatic N) is 3. The van der Waals surface area contributed by atoms with Gasteiger partial charge in [0, 0.05) is 49.9 Å². The average Bonchev–Trinajstić information content (AvgIpc) is 3.44. The van der Waals surface area contributed by atoms with Crippen LogP contribution in [0.1, 0.15) is 23.6 Å². The smallest absolute Gasteiger partial charge is 0.226 e. The predicted molar refractivity (Wildman–Crippen MR) is 98.4 cm³/mol. The molecule has 2 aliphatic rings. The maximum absolute atomic E-state index is 12.8. The van der Waals surface area contributed by atoms with E-state index in [2.05, 4.69) is 16.0 Å². The summed E-state index contributed by atoms with van der Waals surface area (Å²) in [5.74, 6) is 0.706. The van der Waals surface area contributed by atoms with Gasteiger partial charge in [-0.1, -0.05) is 35.9 Å². The number of piperazine rings is 1. The molecule has 2 aromatic rings. The maximum Gasteiger partial charge on any atom is 0.226 e. The normalized spacial score (nSPS) is 23.5. The Balaban J connectivity index is 1.30. The van der Waals surface area contributed by atoms with E-state index < -0.39 is 0 Å². The van der Waals surface area contributed by atoms with Crippen LogP contribution in [0.15, 0.2) is 48.7 Å². The largest absolute Gasteiger partial charge is 0.340 e. The minimum atomic E-state index is 0.113. The molecule has 2 unspecified atom stereocenters. The van der Waals surface area contributed by atoms with Gasteiger partial charge in [-0.15, -0.1) is 0 Å². The fourth-order valence-electron chi connectivity index (χ4n) is 3.67. The van der Waals surface area contributed by atoms with E-state index in [0.29, 0.717) is 11.8 Å². The highest BCUT2D eigenvalue weighted by Gasteiger charge is 2.46. The van der Waals surface area contributed by atoms with Crippen LogP contribution in [0.2, 0.25) is 5.02 Å².